The average molecular weight is 376 g/mol. The van der Waals surface area contributed by atoms with Gasteiger partial charge in [0.1, 0.15) is 5.66 Å². The Morgan fingerprint density at radius 2 is 1.96 bits per heavy atom. The number of nitrogens with one attached hydrogen (secondary N) is 1. The van der Waals surface area contributed by atoms with Crippen LogP contribution in [0.3, 0.4) is 0 Å². The highest BCUT2D eigenvalue weighted by atomic mass is 79.9. The van der Waals surface area contributed by atoms with E-state index in [4.69, 9.17) is 16.5 Å². The molecule has 0 bridgehead atoms. The van der Waals surface area contributed by atoms with E-state index in [1.165, 1.54) is 6.42 Å². The number of aliphatic imine (C=N–C) groups is 2. The van der Waals surface area contributed by atoms with Crippen molar-refractivity contribution in [2.45, 2.75) is 37.8 Å². The van der Waals surface area contributed by atoms with Crippen LogP contribution in [0.1, 0.15) is 32.1 Å². The van der Waals surface area contributed by atoms with E-state index in [-0.39, 0.29) is 5.96 Å². The maximum Gasteiger partial charge on any atom is 0.220 e. The molecule has 1 aromatic carbocycles. The number of nitrogens with zero attached hydrogens (tertiary/aromatic N) is 4. The number of hydrogen-bond donors (Lipinski definition) is 3. The van der Waals surface area contributed by atoms with Crippen molar-refractivity contribution in [3.63, 3.8) is 0 Å². The van der Waals surface area contributed by atoms with Gasteiger partial charge in [-0.2, -0.15) is 10.1 Å². The minimum atomic E-state index is -0.444. The number of fused-ring (bicyclic) bond motifs is 1. The number of aromatic nitrogens is 2. The Labute approximate surface area is 142 Å². The lowest BCUT2D eigenvalue weighted by Gasteiger charge is -2.45. The molecule has 0 amide bonds. The molecule has 2 aliphatic rings. The lowest BCUT2D eigenvalue weighted by molar-refractivity contribution is 0.306. The number of benzene rings is 1. The predicted molar refractivity (Wildman–Crippen MR) is 95.3 cm³/mol. The third-order valence-corrected chi connectivity index (χ3v) is 5.32. The van der Waals surface area contributed by atoms with Crippen molar-refractivity contribution in [2.24, 2.45) is 21.5 Å². The van der Waals surface area contributed by atoms with Crippen molar-refractivity contribution in [3.05, 3.63) is 22.8 Å². The third-order valence-electron chi connectivity index (χ3n) is 4.63. The van der Waals surface area contributed by atoms with Crippen molar-refractivity contribution in [1.29, 1.82) is 0 Å². The van der Waals surface area contributed by atoms with E-state index in [0.717, 1.165) is 46.7 Å². The second-order valence-corrected chi connectivity index (χ2v) is 6.90. The molecule has 1 aliphatic heterocycles. The van der Waals surface area contributed by atoms with E-state index in [0.29, 0.717) is 5.96 Å². The molecule has 4 rings (SSSR count). The van der Waals surface area contributed by atoms with Crippen LogP contribution >= 0.6 is 15.9 Å². The number of hydrogen-bond acceptors (Lipinski definition) is 6. The van der Waals surface area contributed by atoms with Gasteiger partial charge in [0.25, 0.3) is 0 Å². The number of H-pyrrole nitrogens is 1. The molecular formula is C15H18BrN7. The minimum Gasteiger partial charge on any atom is -0.369 e. The molecule has 1 aliphatic carbocycles. The molecule has 2 heterocycles. The average Bonchev–Trinajstić information content (AvgIpc) is 3.00. The van der Waals surface area contributed by atoms with Crippen molar-refractivity contribution in [1.82, 2.24) is 10.2 Å². The van der Waals surface area contributed by atoms with Gasteiger partial charge < -0.3 is 11.5 Å². The standard InChI is InChI=1S/C15H18BrN7/c16-10-4-5-11(12-9(10)8-19-22-12)23-14(18)20-13(17)21-15(23)6-2-1-3-7-15/h4-5,8H,1-3,6-7H2,(H,19,22)(H4,17,18,20,21). The Bertz CT molecular complexity index is 816. The molecule has 2 aromatic rings. The molecule has 1 spiro atoms. The zero-order valence-electron chi connectivity index (χ0n) is 12.6. The monoisotopic (exact) mass is 375 g/mol. The Balaban J connectivity index is 1.92. The zero-order chi connectivity index (χ0) is 16.0. The Kier molecular flexibility index (Phi) is 3.29. The Morgan fingerprint density at radius 1 is 1.17 bits per heavy atom. The molecule has 0 radical (unpaired) electrons. The SMILES string of the molecule is NC1=NC2(CCCCC2)N(c2ccc(Br)c3cn[nH]c23)C(N)=N1. The molecule has 120 valence electrons. The first-order valence-electron chi connectivity index (χ1n) is 7.72. The number of nitrogens with two attached hydrogens (primary N) is 2. The topological polar surface area (TPSA) is 109 Å². The van der Waals surface area contributed by atoms with Crippen LogP contribution in [0.25, 0.3) is 10.9 Å². The summed E-state index contributed by atoms with van der Waals surface area (Å²) in [5.41, 5.74) is 13.6. The van der Waals surface area contributed by atoms with E-state index in [1.54, 1.807) is 6.20 Å². The molecule has 1 fully saturated rings. The largest absolute Gasteiger partial charge is 0.369 e. The quantitative estimate of drug-likeness (QED) is 0.710. The van der Waals surface area contributed by atoms with E-state index < -0.39 is 5.66 Å². The first kappa shape index (κ1) is 14.5. The smallest absolute Gasteiger partial charge is 0.220 e. The highest BCUT2D eigenvalue weighted by Gasteiger charge is 2.43. The maximum atomic E-state index is 6.27. The highest BCUT2D eigenvalue weighted by Crippen LogP contribution is 2.42. The number of halogens is 1. The van der Waals surface area contributed by atoms with Crippen molar-refractivity contribution < 1.29 is 0 Å². The van der Waals surface area contributed by atoms with Crippen LogP contribution in [-0.4, -0.2) is 27.8 Å². The molecule has 5 N–H and O–H groups in total. The first-order valence-corrected chi connectivity index (χ1v) is 8.51. The van der Waals surface area contributed by atoms with Crippen molar-refractivity contribution in [2.75, 3.05) is 4.90 Å². The van der Waals surface area contributed by atoms with Gasteiger partial charge in [0.15, 0.2) is 0 Å². The second kappa shape index (κ2) is 5.23. The summed E-state index contributed by atoms with van der Waals surface area (Å²) in [5, 5.41) is 8.24. The summed E-state index contributed by atoms with van der Waals surface area (Å²) in [5.74, 6) is 0.649. The normalized spacial score (nSPS) is 20.7. The van der Waals surface area contributed by atoms with E-state index >= 15 is 0 Å². The van der Waals surface area contributed by atoms with Crippen molar-refractivity contribution >= 4 is 44.4 Å². The minimum absolute atomic E-state index is 0.263. The van der Waals surface area contributed by atoms with Gasteiger partial charge in [-0.05, 0) is 37.8 Å². The van der Waals surface area contributed by atoms with Crippen LogP contribution in [0.15, 0.2) is 32.8 Å². The predicted octanol–water partition coefficient (Wildman–Crippen LogP) is 2.44. The molecular weight excluding hydrogens is 358 g/mol. The second-order valence-electron chi connectivity index (χ2n) is 6.04. The number of rotatable bonds is 1. The van der Waals surface area contributed by atoms with Crippen LogP contribution in [0.2, 0.25) is 0 Å². The third kappa shape index (κ3) is 2.20. The summed E-state index contributed by atoms with van der Waals surface area (Å²) in [6.45, 7) is 0. The molecule has 7 nitrogen and oxygen atoms in total. The van der Waals surface area contributed by atoms with E-state index in [1.807, 2.05) is 17.0 Å². The van der Waals surface area contributed by atoms with E-state index in [2.05, 4.69) is 31.1 Å². The Morgan fingerprint density at radius 3 is 2.74 bits per heavy atom. The number of anilines is 1. The summed E-state index contributed by atoms with van der Waals surface area (Å²) >= 11 is 3.56. The lowest BCUT2D eigenvalue weighted by atomic mass is 9.87. The molecule has 0 unspecified atom stereocenters. The van der Waals surface area contributed by atoms with Gasteiger partial charge in [-0.1, -0.05) is 22.4 Å². The lowest BCUT2D eigenvalue weighted by Crippen LogP contribution is -2.58. The summed E-state index contributed by atoms with van der Waals surface area (Å²) in [7, 11) is 0. The van der Waals surface area contributed by atoms with Gasteiger partial charge in [-0.25, -0.2) is 4.99 Å². The van der Waals surface area contributed by atoms with Crippen LogP contribution in [0.4, 0.5) is 5.69 Å². The summed E-state index contributed by atoms with van der Waals surface area (Å²) in [6, 6.07) is 4.01. The molecule has 23 heavy (non-hydrogen) atoms. The Hall–Kier alpha value is -2.09. The molecule has 1 aromatic heterocycles. The zero-order valence-corrected chi connectivity index (χ0v) is 14.2. The summed E-state index contributed by atoms with van der Waals surface area (Å²) < 4.78 is 0.984. The van der Waals surface area contributed by atoms with Gasteiger partial charge in [0.2, 0.25) is 11.9 Å². The van der Waals surface area contributed by atoms with Gasteiger partial charge in [-0.3, -0.25) is 10.00 Å². The van der Waals surface area contributed by atoms with Crippen molar-refractivity contribution in [3.8, 4) is 0 Å². The van der Waals surface area contributed by atoms with Crippen LogP contribution < -0.4 is 16.4 Å². The van der Waals surface area contributed by atoms with Gasteiger partial charge >= 0.3 is 0 Å². The number of aromatic amines is 1. The molecule has 1 saturated carbocycles. The van der Waals surface area contributed by atoms with E-state index in [9.17, 15) is 0 Å². The van der Waals surface area contributed by atoms with Crippen LogP contribution in [0, 0.1) is 0 Å². The van der Waals surface area contributed by atoms with Gasteiger partial charge in [0.05, 0.1) is 17.4 Å². The fraction of sp³-hybridized carbons (Fsp3) is 0.400. The highest BCUT2D eigenvalue weighted by molar-refractivity contribution is 9.10. The molecule has 0 atom stereocenters. The maximum absolute atomic E-state index is 6.27. The number of guanidine groups is 2. The van der Waals surface area contributed by atoms with Gasteiger partial charge in [0, 0.05) is 9.86 Å². The fourth-order valence-corrected chi connectivity index (χ4v) is 4.08. The van der Waals surface area contributed by atoms with Gasteiger partial charge in [-0.15, -0.1) is 0 Å². The van der Waals surface area contributed by atoms with Crippen LogP contribution in [-0.2, 0) is 0 Å². The summed E-state index contributed by atoms with van der Waals surface area (Å²) in [4.78, 5) is 10.9. The first-order chi connectivity index (χ1) is 11.1. The fourth-order valence-electron chi connectivity index (χ4n) is 3.64. The molecule has 8 heteroatoms. The van der Waals surface area contributed by atoms with Crippen LogP contribution in [0.5, 0.6) is 0 Å². The molecule has 0 saturated heterocycles. The summed E-state index contributed by atoms with van der Waals surface area (Å²) in [6.07, 6.45) is 7.03.